The molecule has 0 N–H and O–H groups in total. The van der Waals surface area contributed by atoms with Crippen LogP contribution >= 0.6 is 22.7 Å². The SMILES string of the molecule is c1ccc2c(c1)N(c1cccc3c1oc1ccccc13)c1ccc3c(oc4ccccc43)c1C21c2ccsc2-c2sccc21. The van der Waals surface area contributed by atoms with Gasteiger partial charge in [-0.1, -0.05) is 66.7 Å². The first-order chi connectivity index (χ1) is 21.8. The number of rotatable bonds is 1. The van der Waals surface area contributed by atoms with Gasteiger partial charge in [-0.3, -0.25) is 0 Å². The van der Waals surface area contributed by atoms with Crippen LogP contribution in [0.25, 0.3) is 53.6 Å². The quantitative estimate of drug-likeness (QED) is 0.188. The van der Waals surface area contributed by atoms with E-state index in [-0.39, 0.29) is 0 Å². The Morgan fingerprint density at radius 3 is 1.80 bits per heavy atom. The van der Waals surface area contributed by atoms with E-state index in [1.165, 1.54) is 32.0 Å². The van der Waals surface area contributed by atoms with Gasteiger partial charge in [0.2, 0.25) is 0 Å². The lowest BCUT2D eigenvalue weighted by Crippen LogP contribution is -2.36. The summed E-state index contributed by atoms with van der Waals surface area (Å²) in [5, 5.41) is 9.01. The third-order valence-electron chi connectivity index (χ3n) is 9.66. The molecule has 0 saturated heterocycles. The van der Waals surface area contributed by atoms with E-state index >= 15 is 0 Å². The molecule has 0 amide bonds. The van der Waals surface area contributed by atoms with E-state index in [4.69, 9.17) is 8.83 Å². The summed E-state index contributed by atoms with van der Waals surface area (Å²) in [5.41, 5.74) is 11.5. The molecule has 3 nitrogen and oxygen atoms in total. The fourth-order valence-corrected chi connectivity index (χ4v) is 10.1. The third kappa shape index (κ3) is 2.61. The third-order valence-corrected chi connectivity index (χ3v) is 11.7. The Kier molecular flexibility index (Phi) is 4.29. The number of fused-ring (bicyclic) bond motifs is 16. The summed E-state index contributed by atoms with van der Waals surface area (Å²) in [7, 11) is 0. The standard InChI is InChI=1S/C39H21NO2S2/c1-5-14-32-22(8-1)24-10-7-13-31(35(24)41-32)40-29-12-4-3-11-26(29)39(27-18-20-43-37(27)38-28(39)19-21-44-38)34-30(40)17-16-25-23-9-2-6-15-33(23)42-36(25)34/h1-21H. The second-order valence-corrected chi connectivity index (χ2v) is 13.4. The summed E-state index contributed by atoms with van der Waals surface area (Å²) in [4.78, 5) is 5.12. The summed E-state index contributed by atoms with van der Waals surface area (Å²) in [5.74, 6) is 0. The molecule has 0 unspecified atom stereocenters. The number of anilines is 3. The van der Waals surface area contributed by atoms with E-state index in [1.807, 2.05) is 28.7 Å². The number of furan rings is 2. The van der Waals surface area contributed by atoms with Gasteiger partial charge in [0.15, 0.2) is 5.58 Å². The Morgan fingerprint density at radius 1 is 0.455 bits per heavy atom. The highest BCUT2D eigenvalue weighted by atomic mass is 32.1. The zero-order valence-electron chi connectivity index (χ0n) is 23.2. The topological polar surface area (TPSA) is 29.5 Å². The van der Waals surface area contributed by atoms with Crippen molar-refractivity contribution in [2.75, 3.05) is 4.90 Å². The lowest BCUT2D eigenvalue weighted by atomic mass is 9.65. The van der Waals surface area contributed by atoms with E-state index in [9.17, 15) is 0 Å². The highest BCUT2D eigenvalue weighted by Crippen LogP contribution is 2.67. The molecule has 0 bridgehead atoms. The van der Waals surface area contributed by atoms with Crippen molar-refractivity contribution in [2.24, 2.45) is 0 Å². The van der Waals surface area contributed by atoms with Gasteiger partial charge < -0.3 is 13.7 Å². The monoisotopic (exact) mass is 599 g/mol. The average Bonchev–Trinajstić information content (AvgIpc) is 3.89. The molecule has 2 aliphatic rings. The van der Waals surface area contributed by atoms with Gasteiger partial charge >= 0.3 is 0 Å². The number of thiophene rings is 2. The van der Waals surface area contributed by atoms with Gasteiger partial charge in [-0.25, -0.2) is 0 Å². The van der Waals surface area contributed by atoms with Gasteiger partial charge in [0.05, 0.1) is 22.5 Å². The zero-order chi connectivity index (χ0) is 28.6. The maximum Gasteiger partial charge on any atom is 0.159 e. The highest BCUT2D eigenvalue weighted by Gasteiger charge is 2.54. The van der Waals surface area contributed by atoms with Crippen LogP contribution in [-0.2, 0) is 5.41 Å². The maximum absolute atomic E-state index is 6.91. The fraction of sp³-hybridized carbons (Fsp3) is 0.0256. The summed E-state index contributed by atoms with van der Waals surface area (Å²) in [6, 6.07) is 41.4. The van der Waals surface area contributed by atoms with Crippen molar-refractivity contribution in [3.63, 3.8) is 0 Å². The summed E-state index contributed by atoms with van der Waals surface area (Å²) in [6.45, 7) is 0. The Bertz CT molecular complexity index is 2610. The van der Waals surface area contributed by atoms with E-state index in [2.05, 4.69) is 125 Å². The molecule has 1 aliphatic carbocycles. The lowest BCUT2D eigenvalue weighted by molar-refractivity contribution is 0.645. The van der Waals surface area contributed by atoms with Crippen LogP contribution in [0, 0.1) is 0 Å². The molecule has 44 heavy (non-hydrogen) atoms. The molecule has 11 rings (SSSR count). The molecular weight excluding hydrogens is 579 g/mol. The lowest BCUT2D eigenvalue weighted by Gasteiger charge is -2.44. The number of hydrogen-bond acceptors (Lipinski definition) is 5. The molecule has 0 atom stereocenters. The minimum Gasteiger partial charge on any atom is -0.456 e. The second-order valence-electron chi connectivity index (χ2n) is 11.6. The van der Waals surface area contributed by atoms with Crippen LogP contribution in [-0.4, -0.2) is 0 Å². The molecule has 0 saturated carbocycles. The molecule has 1 spiro atoms. The van der Waals surface area contributed by atoms with E-state index < -0.39 is 5.41 Å². The van der Waals surface area contributed by atoms with Gasteiger partial charge in [-0.15, -0.1) is 22.7 Å². The van der Waals surface area contributed by atoms with Gasteiger partial charge in [0.25, 0.3) is 0 Å². The van der Waals surface area contributed by atoms with E-state index in [1.54, 1.807) is 0 Å². The maximum atomic E-state index is 6.91. The summed E-state index contributed by atoms with van der Waals surface area (Å²) < 4.78 is 13.6. The smallest absolute Gasteiger partial charge is 0.159 e. The van der Waals surface area contributed by atoms with Crippen molar-refractivity contribution >= 4 is 83.6 Å². The average molecular weight is 600 g/mol. The van der Waals surface area contributed by atoms with E-state index in [0.717, 1.165) is 60.9 Å². The summed E-state index contributed by atoms with van der Waals surface area (Å²) in [6.07, 6.45) is 0. The molecule has 4 aromatic heterocycles. The van der Waals surface area contributed by atoms with Crippen molar-refractivity contribution in [1.82, 2.24) is 0 Å². The highest BCUT2D eigenvalue weighted by molar-refractivity contribution is 7.21. The van der Waals surface area contributed by atoms with Crippen LogP contribution in [0.5, 0.6) is 0 Å². The molecule has 0 radical (unpaired) electrons. The minimum absolute atomic E-state index is 0.512. The molecular formula is C39H21NO2S2. The van der Waals surface area contributed by atoms with Crippen molar-refractivity contribution in [2.45, 2.75) is 5.41 Å². The molecule has 206 valence electrons. The predicted octanol–water partition coefficient (Wildman–Crippen LogP) is 11.8. The van der Waals surface area contributed by atoms with Crippen molar-refractivity contribution in [3.8, 4) is 9.75 Å². The molecule has 1 aliphatic heterocycles. The van der Waals surface area contributed by atoms with Crippen molar-refractivity contribution in [1.29, 1.82) is 0 Å². The number of benzene rings is 5. The zero-order valence-corrected chi connectivity index (χ0v) is 24.8. The predicted molar refractivity (Wildman–Crippen MR) is 182 cm³/mol. The van der Waals surface area contributed by atoms with Gasteiger partial charge in [-0.2, -0.15) is 0 Å². The number of para-hydroxylation sites is 4. The Hall–Kier alpha value is -5.10. The fourth-order valence-electron chi connectivity index (χ4n) is 8.01. The number of nitrogens with zero attached hydrogens (tertiary/aromatic N) is 1. The van der Waals surface area contributed by atoms with Crippen LogP contribution in [0.1, 0.15) is 22.3 Å². The molecule has 9 aromatic rings. The first kappa shape index (κ1) is 23.4. The minimum atomic E-state index is -0.512. The van der Waals surface area contributed by atoms with Gasteiger partial charge in [0.1, 0.15) is 16.7 Å². The van der Waals surface area contributed by atoms with Crippen LogP contribution in [0.4, 0.5) is 17.1 Å². The van der Waals surface area contributed by atoms with Crippen LogP contribution in [0.2, 0.25) is 0 Å². The van der Waals surface area contributed by atoms with Crippen molar-refractivity contribution < 1.29 is 8.83 Å². The van der Waals surface area contributed by atoms with Gasteiger partial charge in [0, 0.05) is 36.9 Å². The van der Waals surface area contributed by atoms with E-state index in [0.29, 0.717) is 0 Å². The van der Waals surface area contributed by atoms with Crippen LogP contribution in [0.15, 0.2) is 135 Å². The molecule has 5 aromatic carbocycles. The Labute approximate surface area is 259 Å². The first-order valence-electron chi connectivity index (χ1n) is 14.7. The Balaban J connectivity index is 1.35. The molecule has 5 heterocycles. The molecule has 0 fully saturated rings. The van der Waals surface area contributed by atoms with Crippen LogP contribution < -0.4 is 4.90 Å². The molecule has 5 heteroatoms. The summed E-state index contributed by atoms with van der Waals surface area (Å²) >= 11 is 3.68. The second kappa shape index (κ2) is 8.08. The first-order valence-corrected chi connectivity index (χ1v) is 16.5. The van der Waals surface area contributed by atoms with Crippen LogP contribution in [0.3, 0.4) is 0 Å². The normalized spacial score (nSPS) is 14.5. The number of hydrogen-bond donors (Lipinski definition) is 0. The van der Waals surface area contributed by atoms with Crippen molar-refractivity contribution in [3.05, 3.63) is 148 Å². The Morgan fingerprint density at radius 2 is 1.05 bits per heavy atom. The van der Waals surface area contributed by atoms with Gasteiger partial charge in [-0.05, 0) is 76.0 Å². The largest absolute Gasteiger partial charge is 0.456 e.